The molecule has 1 heterocycles. The first-order valence-electron chi connectivity index (χ1n) is 3.87. The standard InChI is InChI=1S/C8H12N4/c1-12-7-10-11-8(12)5-3-2-4-6-9/h7H,2,4,6,9H2,1H3. The SMILES string of the molecule is Cn1cnnc1C#CCCCN. The van der Waals surface area contributed by atoms with Gasteiger partial charge < -0.3 is 10.3 Å². The molecule has 1 aromatic heterocycles. The van der Waals surface area contributed by atoms with Crippen molar-refractivity contribution in [2.45, 2.75) is 12.8 Å². The summed E-state index contributed by atoms with van der Waals surface area (Å²) in [5.74, 6) is 6.59. The van der Waals surface area contributed by atoms with Gasteiger partial charge in [0.2, 0.25) is 5.82 Å². The van der Waals surface area contributed by atoms with Gasteiger partial charge in [0.05, 0.1) is 0 Å². The van der Waals surface area contributed by atoms with Crippen LogP contribution in [-0.2, 0) is 7.05 Å². The molecule has 0 atom stereocenters. The monoisotopic (exact) mass is 164 g/mol. The minimum absolute atomic E-state index is 0.688. The summed E-state index contributed by atoms with van der Waals surface area (Å²) in [4.78, 5) is 0. The summed E-state index contributed by atoms with van der Waals surface area (Å²) in [5, 5.41) is 7.53. The minimum Gasteiger partial charge on any atom is -0.330 e. The van der Waals surface area contributed by atoms with E-state index in [0.717, 1.165) is 12.8 Å². The van der Waals surface area contributed by atoms with Crippen LogP contribution in [0, 0.1) is 11.8 Å². The maximum absolute atomic E-state index is 5.32. The second-order valence-electron chi connectivity index (χ2n) is 2.46. The van der Waals surface area contributed by atoms with Crippen molar-refractivity contribution in [1.82, 2.24) is 14.8 Å². The van der Waals surface area contributed by atoms with Crippen molar-refractivity contribution in [1.29, 1.82) is 0 Å². The summed E-state index contributed by atoms with van der Waals surface area (Å²) in [6.07, 6.45) is 3.39. The summed E-state index contributed by atoms with van der Waals surface area (Å²) < 4.78 is 1.79. The Labute approximate surface area is 71.8 Å². The number of nitrogens with zero attached hydrogens (tertiary/aromatic N) is 3. The fourth-order valence-corrected chi connectivity index (χ4v) is 0.728. The number of hydrogen-bond acceptors (Lipinski definition) is 3. The number of aromatic nitrogens is 3. The van der Waals surface area contributed by atoms with Gasteiger partial charge in [-0.25, -0.2) is 0 Å². The summed E-state index contributed by atoms with van der Waals surface area (Å²) in [7, 11) is 1.87. The molecule has 0 saturated heterocycles. The smallest absolute Gasteiger partial charge is 0.207 e. The van der Waals surface area contributed by atoms with Gasteiger partial charge in [-0.1, -0.05) is 5.92 Å². The average Bonchev–Trinajstić information content (AvgIpc) is 2.46. The van der Waals surface area contributed by atoms with Crippen LogP contribution in [0.15, 0.2) is 6.33 Å². The molecule has 0 aromatic carbocycles. The minimum atomic E-state index is 0.688. The van der Waals surface area contributed by atoms with Crippen molar-refractivity contribution in [3.63, 3.8) is 0 Å². The topological polar surface area (TPSA) is 56.7 Å². The third-order valence-electron chi connectivity index (χ3n) is 1.42. The molecule has 12 heavy (non-hydrogen) atoms. The zero-order valence-corrected chi connectivity index (χ0v) is 7.12. The summed E-state index contributed by atoms with van der Waals surface area (Å²) in [5.41, 5.74) is 5.32. The zero-order chi connectivity index (χ0) is 8.81. The van der Waals surface area contributed by atoms with Gasteiger partial charge in [0.1, 0.15) is 6.33 Å². The number of hydrogen-bond donors (Lipinski definition) is 1. The zero-order valence-electron chi connectivity index (χ0n) is 7.12. The third kappa shape index (κ3) is 2.36. The van der Waals surface area contributed by atoms with Crippen LogP contribution in [0.2, 0.25) is 0 Å². The van der Waals surface area contributed by atoms with Crippen LogP contribution in [0.5, 0.6) is 0 Å². The van der Waals surface area contributed by atoms with Gasteiger partial charge in [-0.05, 0) is 18.9 Å². The van der Waals surface area contributed by atoms with E-state index in [0.29, 0.717) is 12.4 Å². The van der Waals surface area contributed by atoms with E-state index in [1.165, 1.54) is 0 Å². The Balaban J connectivity index is 2.49. The molecule has 0 radical (unpaired) electrons. The Hall–Kier alpha value is -1.34. The first-order chi connectivity index (χ1) is 5.84. The van der Waals surface area contributed by atoms with Gasteiger partial charge in [0, 0.05) is 13.5 Å². The molecule has 0 bridgehead atoms. The van der Waals surface area contributed by atoms with E-state index in [2.05, 4.69) is 22.0 Å². The summed E-state index contributed by atoms with van der Waals surface area (Å²) >= 11 is 0. The molecule has 0 aliphatic carbocycles. The van der Waals surface area contributed by atoms with E-state index < -0.39 is 0 Å². The Morgan fingerprint density at radius 2 is 2.50 bits per heavy atom. The molecule has 64 valence electrons. The highest BCUT2D eigenvalue weighted by Crippen LogP contribution is 1.88. The van der Waals surface area contributed by atoms with Crippen molar-refractivity contribution >= 4 is 0 Å². The lowest BCUT2D eigenvalue weighted by Gasteiger charge is -1.87. The van der Waals surface area contributed by atoms with Crippen LogP contribution >= 0.6 is 0 Å². The Bertz CT molecular complexity index is 291. The maximum Gasteiger partial charge on any atom is 0.207 e. The molecule has 1 aromatic rings. The Morgan fingerprint density at radius 3 is 3.08 bits per heavy atom. The van der Waals surface area contributed by atoms with Crippen LogP contribution in [-0.4, -0.2) is 21.3 Å². The Kier molecular flexibility index (Phi) is 3.30. The molecule has 4 nitrogen and oxygen atoms in total. The quantitative estimate of drug-likeness (QED) is 0.490. The van der Waals surface area contributed by atoms with Crippen molar-refractivity contribution in [2.75, 3.05) is 6.54 Å². The van der Waals surface area contributed by atoms with Crippen LogP contribution in [0.3, 0.4) is 0 Å². The predicted octanol–water partition coefficient (Wildman–Crippen LogP) is -0.0945. The second-order valence-corrected chi connectivity index (χ2v) is 2.46. The van der Waals surface area contributed by atoms with E-state index in [4.69, 9.17) is 5.73 Å². The highest BCUT2D eigenvalue weighted by atomic mass is 15.2. The van der Waals surface area contributed by atoms with Crippen molar-refractivity contribution in [2.24, 2.45) is 12.8 Å². The van der Waals surface area contributed by atoms with E-state index in [-0.39, 0.29) is 0 Å². The molecule has 2 N–H and O–H groups in total. The highest BCUT2D eigenvalue weighted by Gasteiger charge is 1.91. The maximum atomic E-state index is 5.32. The van der Waals surface area contributed by atoms with Gasteiger partial charge in [-0.3, -0.25) is 0 Å². The van der Waals surface area contributed by atoms with Gasteiger partial charge in [-0.2, -0.15) is 0 Å². The molecule has 1 rings (SSSR count). The van der Waals surface area contributed by atoms with E-state index >= 15 is 0 Å². The van der Waals surface area contributed by atoms with Crippen molar-refractivity contribution in [3.8, 4) is 11.8 Å². The lowest BCUT2D eigenvalue weighted by molar-refractivity contribution is 0.866. The molecular formula is C8H12N4. The van der Waals surface area contributed by atoms with Gasteiger partial charge in [0.15, 0.2) is 0 Å². The van der Waals surface area contributed by atoms with Crippen molar-refractivity contribution in [3.05, 3.63) is 12.2 Å². The molecule has 0 aliphatic heterocycles. The fraction of sp³-hybridized carbons (Fsp3) is 0.500. The van der Waals surface area contributed by atoms with Crippen LogP contribution in [0.4, 0.5) is 0 Å². The Morgan fingerprint density at radius 1 is 1.67 bits per heavy atom. The number of unbranched alkanes of at least 4 members (excludes halogenated alkanes) is 1. The van der Waals surface area contributed by atoms with E-state index in [1.807, 2.05) is 7.05 Å². The van der Waals surface area contributed by atoms with Crippen LogP contribution in [0.1, 0.15) is 18.7 Å². The van der Waals surface area contributed by atoms with E-state index in [1.54, 1.807) is 10.9 Å². The largest absolute Gasteiger partial charge is 0.330 e. The summed E-state index contributed by atoms with van der Waals surface area (Å²) in [6.45, 7) is 0.688. The van der Waals surface area contributed by atoms with Gasteiger partial charge >= 0.3 is 0 Å². The lowest BCUT2D eigenvalue weighted by Crippen LogP contribution is -1.96. The van der Waals surface area contributed by atoms with E-state index in [9.17, 15) is 0 Å². The highest BCUT2D eigenvalue weighted by molar-refractivity contribution is 5.19. The van der Waals surface area contributed by atoms with Gasteiger partial charge in [0.25, 0.3) is 0 Å². The first-order valence-corrected chi connectivity index (χ1v) is 3.87. The van der Waals surface area contributed by atoms with Crippen molar-refractivity contribution < 1.29 is 0 Å². The fourth-order valence-electron chi connectivity index (χ4n) is 0.728. The van der Waals surface area contributed by atoms with Crippen LogP contribution < -0.4 is 5.73 Å². The second kappa shape index (κ2) is 4.52. The average molecular weight is 164 g/mol. The molecular weight excluding hydrogens is 152 g/mol. The number of aryl methyl sites for hydroxylation is 1. The molecule has 4 heteroatoms. The van der Waals surface area contributed by atoms with Gasteiger partial charge in [-0.15, -0.1) is 10.2 Å². The molecule has 0 amide bonds. The molecule has 0 saturated carbocycles. The summed E-state index contributed by atoms with van der Waals surface area (Å²) in [6, 6.07) is 0. The predicted molar refractivity (Wildman–Crippen MR) is 46.2 cm³/mol. The normalized spacial score (nSPS) is 9.17. The molecule has 0 aliphatic rings. The molecule has 0 unspecified atom stereocenters. The lowest BCUT2D eigenvalue weighted by atomic mass is 10.3. The first kappa shape index (κ1) is 8.75. The molecule has 0 fully saturated rings. The number of rotatable bonds is 2. The molecule has 0 spiro atoms. The third-order valence-corrected chi connectivity index (χ3v) is 1.42. The van der Waals surface area contributed by atoms with Crippen LogP contribution in [0.25, 0.3) is 0 Å². The number of nitrogens with two attached hydrogens (primary N) is 1.